The quantitative estimate of drug-likeness (QED) is 0.750. The first kappa shape index (κ1) is 15.8. The normalized spacial score (nSPS) is 15.3. The maximum Gasteiger partial charge on any atom is 0.222 e. The fraction of sp³-hybridized carbons (Fsp3) is 0.588. The summed E-state index contributed by atoms with van der Waals surface area (Å²) in [4.78, 5) is 16.3. The van der Waals surface area contributed by atoms with Crippen LogP contribution < -0.4 is 4.90 Å². The van der Waals surface area contributed by atoms with Crippen molar-refractivity contribution in [3.8, 4) is 0 Å². The summed E-state index contributed by atoms with van der Waals surface area (Å²) in [6.07, 6.45) is 5.25. The molecule has 0 saturated carbocycles. The molecule has 0 N–H and O–H groups in total. The van der Waals surface area contributed by atoms with E-state index in [1.807, 2.05) is 4.90 Å². The molecule has 1 aliphatic rings. The summed E-state index contributed by atoms with van der Waals surface area (Å²) in [5, 5.41) is 0. The summed E-state index contributed by atoms with van der Waals surface area (Å²) in [5.41, 5.74) is 1.03. The minimum Gasteiger partial charge on any atom is -0.368 e. The maximum absolute atomic E-state index is 12.9. The molecule has 0 atom stereocenters. The largest absolute Gasteiger partial charge is 0.368 e. The van der Waals surface area contributed by atoms with Gasteiger partial charge < -0.3 is 9.80 Å². The van der Waals surface area contributed by atoms with E-state index in [0.717, 1.165) is 44.7 Å². The fourth-order valence-electron chi connectivity index (χ4n) is 2.73. The van der Waals surface area contributed by atoms with E-state index in [9.17, 15) is 9.18 Å². The average Bonchev–Trinajstić information content (AvgIpc) is 2.52. The van der Waals surface area contributed by atoms with Crippen molar-refractivity contribution in [1.29, 1.82) is 0 Å². The van der Waals surface area contributed by atoms with Crippen LogP contribution in [-0.4, -0.2) is 37.0 Å². The van der Waals surface area contributed by atoms with E-state index in [0.29, 0.717) is 6.42 Å². The highest BCUT2D eigenvalue weighted by Gasteiger charge is 2.20. The highest BCUT2D eigenvalue weighted by Crippen LogP contribution is 2.17. The number of hydrogen-bond donors (Lipinski definition) is 0. The number of piperazine rings is 1. The molecule has 1 heterocycles. The van der Waals surface area contributed by atoms with Gasteiger partial charge >= 0.3 is 0 Å². The third-order valence-electron chi connectivity index (χ3n) is 4.07. The van der Waals surface area contributed by atoms with E-state index < -0.39 is 0 Å². The van der Waals surface area contributed by atoms with Crippen LogP contribution >= 0.6 is 0 Å². The minimum atomic E-state index is -0.209. The van der Waals surface area contributed by atoms with Crippen LogP contribution in [0.1, 0.15) is 39.0 Å². The van der Waals surface area contributed by atoms with Crippen LogP contribution in [0.15, 0.2) is 24.3 Å². The van der Waals surface area contributed by atoms with Crippen molar-refractivity contribution < 1.29 is 9.18 Å². The third-order valence-corrected chi connectivity index (χ3v) is 4.07. The zero-order valence-electron chi connectivity index (χ0n) is 12.9. The lowest BCUT2D eigenvalue weighted by Gasteiger charge is -2.36. The van der Waals surface area contributed by atoms with Gasteiger partial charge in [-0.1, -0.05) is 26.2 Å². The Bertz CT molecular complexity index is 439. The molecule has 1 aromatic carbocycles. The Morgan fingerprint density at radius 1 is 1.05 bits per heavy atom. The monoisotopic (exact) mass is 292 g/mol. The molecule has 1 aliphatic heterocycles. The summed E-state index contributed by atoms with van der Waals surface area (Å²) < 4.78 is 12.9. The van der Waals surface area contributed by atoms with Gasteiger partial charge in [-0.15, -0.1) is 0 Å². The minimum absolute atomic E-state index is 0.209. The molecule has 1 amide bonds. The van der Waals surface area contributed by atoms with Crippen molar-refractivity contribution in [3.63, 3.8) is 0 Å². The Hall–Kier alpha value is -1.58. The number of unbranched alkanes of at least 4 members (excludes halogenated alkanes) is 3. The van der Waals surface area contributed by atoms with E-state index in [1.165, 1.54) is 25.0 Å². The molecule has 1 aromatic rings. The SMILES string of the molecule is CCCCCCC(=O)N1CCN(c2ccc(F)cc2)CC1. The molecular formula is C17H25FN2O. The fourth-order valence-corrected chi connectivity index (χ4v) is 2.73. The van der Waals surface area contributed by atoms with Gasteiger partial charge in [-0.25, -0.2) is 4.39 Å². The summed E-state index contributed by atoms with van der Waals surface area (Å²) >= 11 is 0. The maximum atomic E-state index is 12.9. The molecule has 1 fully saturated rings. The lowest BCUT2D eigenvalue weighted by molar-refractivity contribution is -0.131. The first-order valence-electron chi connectivity index (χ1n) is 7.99. The predicted octanol–water partition coefficient (Wildman–Crippen LogP) is 3.44. The van der Waals surface area contributed by atoms with Crippen LogP contribution in [0.3, 0.4) is 0 Å². The highest BCUT2D eigenvalue weighted by atomic mass is 19.1. The van der Waals surface area contributed by atoms with E-state index in [1.54, 1.807) is 12.1 Å². The molecular weight excluding hydrogens is 267 g/mol. The summed E-state index contributed by atoms with van der Waals surface area (Å²) in [6, 6.07) is 6.58. The van der Waals surface area contributed by atoms with Gasteiger partial charge in [0, 0.05) is 38.3 Å². The second-order valence-electron chi connectivity index (χ2n) is 5.65. The summed E-state index contributed by atoms with van der Waals surface area (Å²) in [6.45, 7) is 5.36. The topological polar surface area (TPSA) is 23.6 Å². The summed E-state index contributed by atoms with van der Waals surface area (Å²) in [7, 11) is 0. The number of hydrogen-bond acceptors (Lipinski definition) is 2. The molecule has 4 heteroatoms. The van der Waals surface area contributed by atoms with E-state index >= 15 is 0 Å². The second kappa shape index (κ2) is 8.01. The smallest absolute Gasteiger partial charge is 0.222 e. The van der Waals surface area contributed by atoms with Crippen LogP contribution in [0.5, 0.6) is 0 Å². The van der Waals surface area contributed by atoms with Gasteiger partial charge in [-0.05, 0) is 30.7 Å². The van der Waals surface area contributed by atoms with Crippen LogP contribution in [0.4, 0.5) is 10.1 Å². The molecule has 0 radical (unpaired) electrons. The lowest BCUT2D eigenvalue weighted by Crippen LogP contribution is -2.48. The Morgan fingerprint density at radius 3 is 2.33 bits per heavy atom. The van der Waals surface area contributed by atoms with E-state index in [-0.39, 0.29) is 11.7 Å². The van der Waals surface area contributed by atoms with Crippen molar-refractivity contribution in [2.75, 3.05) is 31.1 Å². The van der Waals surface area contributed by atoms with Crippen molar-refractivity contribution >= 4 is 11.6 Å². The highest BCUT2D eigenvalue weighted by molar-refractivity contribution is 5.76. The molecule has 0 unspecified atom stereocenters. The number of rotatable bonds is 6. The van der Waals surface area contributed by atoms with E-state index in [2.05, 4.69) is 11.8 Å². The van der Waals surface area contributed by atoms with Crippen LogP contribution in [0, 0.1) is 5.82 Å². The average molecular weight is 292 g/mol. The molecule has 3 nitrogen and oxygen atoms in total. The van der Waals surface area contributed by atoms with Gasteiger partial charge in [0.15, 0.2) is 0 Å². The van der Waals surface area contributed by atoms with Crippen molar-refractivity contribution in [2.24, 2.45) is 0 Å². The third kappa shape index (κ3) is 4.73. The first-order chi connectivity index (χ1) is 10.2. The molecule has 0 spiro atoms. The Labute approximate surface area is 126 Å². The predicted molar refractivity (Wildman–Crippen MR) is 84.0 cm³/mol. The number of benzene rings is 1. The van der Waals surface area contributed by atoms with Crippen molar-refractivity contribution in [1.82, 2.24) is 4.90 Å². The zero-order chi connectivity index (χ0) is 15.1. The van der Waals surface area contributed by atoms with Crippen LogP contribution in [0.2, 0.25) is 0 Å². The van der Waals surface area contributed by atoms with Gasteiger partial charge in [0.1, 0.15) is 5.82 Å². The van der Waals surface area contributed by atoms with Gasteiger partial charge in [-0.3, -0.25) is 4.79 Å². The summed E-state index contributed by atoms with van der Waals surface area (Å²) in [5.74, 6) is 0.0736. The Morgan fingerprint density at radius 2 is 1.71 bits per heavy atom. The molecule has 21 heavy (non-hydrogen) atoms. The number of halogens is 1. The Balaban J connectivity index is 1.75. The van der Waals surface area contributed by atoms with E-state index in [4.69, 9.17) is 0 Å². The van der Waals surface area contributed by atoms with Crippen LogP contribution in [0.25, 0.3) is 0 Å². The molecule has 2 rings (SSSR count). The van der Waals surface area contributed by atoms with Gasteiger partial charge in [0.05, 0.1) is 0 Å². The molecule has 116 valence electrons. The van der Waals surface area contributed by atoms with Gasteiger partial charge in [-0.2, -0.15) is 0 Å². The number of anilines is 1. The number of carbonyl (C=O) groups is 1. The van der Waals surface area contributed by atoms with Gasteiger partial charge in [0.25, 0.3) is 0 Å². The number of amides is 1. The first-order valence-corrected chi connectivity index (χ1v) is 7.99. The van der Waals surface area contributed by atoms with Crippen molar-refractivity contribution in [3.05, 3.63) is 30.1 Å². The molecule has 0 aromatic heterocycles. The molecule has 1 saturated heterocycles. The van der Waals surface area contributed by atoms with Crippen LogP contribution in [-0.2, 0) is 4.79 Å². The second-order valence-corrected chi connectivity index (χ2v) is 5.65. The standard InChI is InChI=1S/C17H25FN2O/c1-2-3-4-5-6-17(21)20-13-11-19(12-14-20)16-9-7-15(18)8-10-16/h7-10H,2-6,11-14H2,1H3. The molecule has 0 bridgehead atoms. The number of carbonyl (C=O) groups excluding carboxylic acids is 1. The lowest BCUT2D eigenvalue weighted by atomic mass is 10.1. The number of nitrogens with zero attached hydrogens (tertiary/aromatic N) is 2. The molecule has 0 aliphatic carbocycles. The van der Waals surface area contributed by atoms with Gasteiger partial charge in [0.2, 0.25) is 5.91 Å². The zero-order valence-corrected chi connectivity index (χ0v) is 12.9. The van der Waals surface area contributed by atoms with Crippen molar-refractivity contribution in [2.45, 2.75) is 39.0 Å². The Kier molecular flexibility index (Phi) is 6.03.